The van der Waals surface area contributed by atoms with Crippen molar-refractivity contribution >= 4 is 125 Å². The zero-order valence-corrected chi connectivity index (χ0v) is 36.2. The highest BCUT2D eigenvalue weighted by Gasteiger charge is 2.26. The Balaban J connectivity index is 1.07. The Labute approximate surface area is 377 Å². The highest BCUT2D eigenvalue weighted by atomic mass is 32.1. The van der Waals surface area contributed by atoms with Crippen molar-refractivity contribution in [2.75, 3.05) is 0 Å². The van der Waals surface area contributed by atoms with Gasteiger partial charge in [0.15, 0.2) is 11.4 Å². The molecule has 0 saturated carbocycles. The lowest BCUT2D eigenvalue weighted by atomic mass is 9.93. The Hall–Kier alpha value is -8.06. The molecule has 14 rings (SSSR count). The molecule has 306 valence electrons. The molecule has 1 atom stereocenters. The molecule has 5 nitrogen and oxygen atoms in total. The van der Waals surface area contributed by atoms with Gasteiger partial charge in [-0.15, -0.1) is 11.3 Å². The van der Waals surface area contributed by atoms with Crippen LogP contribution in [-0.2, 0) is 0 Å². The van der Waals surface area contributed by atoms with E-state index >= 15 is 0 Å². The van der Waals surface area contributed by atoms with E-state index in [0.717, 1.165) is 78.8 Å². The summed E-state index contributed by atoms with van der Waals surface area (Å²) in [5.74, 6) is 1.58. The molecular formula is C59H38N4OS. The predicted octanol–water partition coefficient (Wildman–Crippen LogP) is 16.1. The molecule has 0 spiro atoms. The minimum atomic E-state index is 0.0780. The van der Waals surface area contributed by atoms with Gasteiger partial charge in [0.2, 0.25) is 0 Å². The highest BCUT2D eigenvalue weighted by Crippen LogP contribution is 2.42. The predicted molar refractivity (Wildman–Crippen MR) is 275 cm³/mol. The zero-order valence-electron chi connectivity index (χ0n) is 35.4. The molecule has 65 heavy (non-hydrogen) atoms. The number of hydrogen-bond acceptors (Lipinski definition) is 4. The standard InChI is InChI=1S/C59H38N4OS/c1-35-26-31-55(63-48-22-10-4-16-39(48)40-17-5-11-23-49(40)63)60-59(61-57(35)38-27-30-54-46(33-38)42-19-8-13-25-53(42)65-54)44-28-29-50(58-56(44)43-20-7-12-24-52(43)64-58)62-47-21-9-6-18-41(47)45-32-36-14-2-3-15-37(36)34-51(45)62/h2-25,27-35H,26H2,1H3/b55-31-,60-59-,61-57+. The van der Waals surface area contributed by atoms with Crippen molar-refractivity contribution in [1.29, 1.82) is 0 Å². The van der Waals surface area contributed by atoms with Gasteiger partial charge in [-0.1, -0.05) is 128 Å². The third kappa shape index (κ3) is 5.44. The molecule has 0 radical (unpaired) electrons. The fourth-order valence-corrected chi connectivity index (χ4v) is 11.6. The fourth-order valence-electron chi connectivity index (χ4n) is 10.6. The molecule has 6 heteroatoms. The second-order valence-corrected chi connectivity index (χ2v) is 18.4. The van der Waals surface area contributed by atoms with Crippen LogP contribution in [0.2, 0.25) is 0 Å². The Morgan fingerprint density at radius 2 is 1.12 bits per heavy atom. The number of benzene rings is 9. The number of aromatic nitrogens is 2. The van der Waals surface area contributed by atoms with Crippen molar-refractivity contribution in [3.63, 3.8) is 0 Å². The maximum absolute atomic E-state index is 7.06. The summed E-state index contributed by atoms with van der Waals surface area (Å²) in [5.41, 5.74) is 10.1. The number of aliphatic imine (C=N–C) groups is 2. The van der Waals surface area contributed by atoms with E-state index < -0.39 is 0 Å². The first kappa shape index (κ1) is 36.4. The minimum absolute atomic E-state index is 0.0780. The van der Waals surface area contributed by atoms with E-state index in [4.69, 9.17) is 14.4 Å². The largest absolute Gasteiger partial charge is 0.454 e. The van der Waals surface area contributed by atoms with Crippen LogP contribution in [0.15, 0.2) is 209 Å². The molecular weight excluding hydrogens is 813 g/mol. The van der Waals surface area contributed by atoms with Crippen LogP contribution >= 0.6 is 11.3 Å². The van der Waals surface area contributed by atoms with E-state index in [1.165, 1.54) is 52.5 Å². The number of hydrogen-bond donors (Lipinski definition) is 0. The maximum atomic E-state index is 7.06. The number of allylic oxidation sites excluding steroid dienone is 1. The summed E-state index contributed by atoms with van der Waals surface area (Å²) in [6, 6.07) is 67.7. The van der Waals surface area contributed by atoms with Crippen molar-refractivity contribution in [1.82, 2.24) is 9.13 Å². The van der Waals surface area contributed by atoms with Gasteiger partial charge in [-0.25, -0.2) is 9.98 Å². The molecule has 1 aliphatic heterocycles. The average molecular weight is 851 g/mol. The lowest BCUT2D eigenvalue weighted by Crippen LogP contribution is -2.18. The first-order valence-corrected chi connectivity index (χ1v) is 23.1. The number of nitrogens with zero attached hydrogens (tertiary/aromatic N) is 4. The smallest absolute Gasteiger partial charge is 0.162 e. The third-order valence-electron chi connectivity index (χ3n) is 13.6. The number of amidine groups is 1. The van der Waals surface area contributed by atoms with Crippen molar-refractivity contribution in [3.05, 3.63) is 205 Å². The Morgan fingerprint density at radius 3 is 1.89 bits per heavy atom. The van der Waals surface area contributed by atoms with E-state index in [1.807, 2.05) is 11.3 Å². The molecule has 4 aromatic heterocycles. The minimum Gasteiger partial charge on any atom is -0.454 e. The van der Waals surface area contributed by atoms with Crippen LogP contribution in [0, 0.1) is 5.92 Å². The quantitative estimate of drug-likeness (QED) is 0.174. The maximum Gasteiger partial charge on any atom is 0.162 e. The zero-order chi connectivity index (χ0) is 42.8. The number of para-hydroxylation sites is 4. The third-order valence-corrected chi connectivity index (χ3v) is 14.7. The van der Waals surface area contributed by atoms with Crippen LogP contribution < -0.4 is 0 Å². The second kappa shape index (κ2) is 14.0. The summed E-state index contributed by atoms with van der Waals surface area (Å²) in [5, 5.41) is 11.8. The van der Waals surface area contributed by atoms with E-state index in [-0.39, 0.29) is 5.92 Å². The normalized spacial score (nSPS) is 17.3. The van der Waals surface area contributed by atoms with E-state index in [0.29, 0.717) is 5.84 Å². The SMILES string of the molecule is CC1C/C=C(n2c3ccccc3c3ccccc32)/N=C(c2ccc(-n3c4ccccc4c4cc5ccccc5cc43)c3oc4ccccc4c23)\N=C/1c1ccc2sc3ccccc3c2c1. The first-order valence-electron chi connectivity index (χ1n) is 22.3. The van der Waals surface area contributed by atoms with Gasteiger partial charge in [0.25, 0.3) is 0 Å². The molecule has 13 aromatic rings. The van der Waals surface area contributed by atoms with Crippen LogP contribution in [0.25, 0.3) is 108 Å². The van der Waals surface area contributed by atoms with Crippen LogP contribution in [0.1, 0.15) is 24.5 Å². The average Bonchev–Trinajstić information content (AvgIpc) is 4.10. The molecule has 0 saturated heterocycles. The van der Waals surface area contributed by atoms with Gasteiger partial charge in [0.1, 0.15) is 11.4 Å². The van der Waals surface area contributed by atoms with Gasteiger partial charge in [0.05, 0.1) is 33.5 Å². The Bertz CT molecular complexity index is 4190. The number of thiophene rings is 1. The van der Waals surface area contributed by atoms with Gasteiger partial charge in [-0.3, -0.25) is 4.57 Å². The van der Waals surface area contributed by atoms with E-state index in [9.17, 15) is 0 Å². The van der Waals surface area contributed by atoms with Gasteiger partial charge in [-0.2, -0.15) is 0 Å². The first-order chi connectivity index (χ1) is 32.1. The summed E-state index contributed by atoms with van der Waals surface area (Å²) >= 11 is 1.84. The number of rotatable bonds is 4. The van der Waals surface area contributed by atoms with Crippen molar-refractivity contribution in [2.24, 2.45) is 15.9 Å². The summed E-state index contributed by atoms with van der Waals surface area (Å²) in [6.07, 6.45) is 3.08. The van der Waals surface area contributed by atoms with Crippen LogP contribution in [-0.4, -0.2) is 20.7 Å². The lowest BCUT2D eigenvalue weighted by molar-refractivity contribution is 0.666. The Morgan fingerprint density at radius 1 is 0.508 bits per heavy atom. The van der Waals surface area contributed by atoms with Gasteiger partial charge >= 0.3 is 0 Å². The van der Waals surface area contributed by atoms with Crippen LogP contribution in [0.4, 0.5) is 0 Å². The number of fused-ring (bicyclic) bond motifs is 13. The summed E-state index contributed by atoms with van der Waals surface area (Å²) < 4.78 is 14.3. The van der Waals surface area contributed by atoms with Crippen molar-refractivity contribution < 1.29 is 4.42 Å². The molecule has 0 bridgehead atoms. The van der Waals surface area contributed by atoms with Gasteiger partial charge in [-0.05, 0) is 95.6 Å². The Kier molecular flexibility index (Phi) is 7.83. The summed E-state index contributed by atoms with van der Waals surface area (Å²) in [6.45, 7) is 2.30. The number of furan rings is 1. The molecule has 0 fully saturated rings. The molecule has 0 N–H and O–H groups in total. The molecule has 1 aliphatic rings. The molecule has 9 aromatic carbocycles. The molecule has 0 amide bonds. The van der Waals surface area contributed by atoms with Gasteiger partial charge < -0.3 is 8.98 Å². The van der Waals surface area contributed by atoms with Gasteiger partial charge in [0, 0.05) is 64.0 Å². The molecule has 0 aliphatic carbocycles. The van der Waals surface area contributed by atoms with E-state index in [2.05, 4.69) is 210 Å². The van der Waals surface area contributed by atoms with Crippen LogP contribution in [0.3, 0.4) is 0 Å². The molecule has 1 unspecified atom stereocenters. The lowest BCUT2D eigenvalue weighted by Gasteiger charge is -2.20. The topological polar surface area (TPSA) is 47.7 Å². The highest BCUT2D eigenvalue weighted by molar-refractivity contribution is 7.25. The van der Waals surface area contributed by atoms with Crippen molar-refractivity contribution in [3.8, 4) is 5.69 Å². The molecule has 5 heterocycles. The second-order valence-electron chi connectivity index (χ2n) is 17.3. The summed E-state index contributed by atoms with van der Waals surface area (Å²) in [4.78, 5) is 11.5. The van der Waals surface area contributed by atoms with Crippen LogP contribution in [0.5, 0.6) is 0 Å². The summed E-state index contributed by atoms with van der Waals surface area (Å²) in [7, 11) is 0. The monoisotopic (exact) mass is 850 g/mol. The fraction of sp³-hybridized carbons (Fsp3) is 0.0508. The van der Waals surface area contributed by atoms with E-state index in [1.54, 1.807) is 0 Å². The van der Waals surface area contributed by atoms with Crippen molar-refractivity contribution in [2.45, 2.75) is 13.3 Å².